The van der Waals surface area contributed by atoms with Crippen molar-refractivity contribution in [1.82, 2.24) is 10.3 Å². The number of anilines is 1. The van der Waals surface area contributed by atoms with Crippen LogP contribution in [0, 0.1) is 23.2 Å². The fraction of sp³-hybridized carbons (Fsp3) is 0.636. The lowest BCUT2D eigenvalue weighted by Gasteiger charge is -2.38. The van der Waals surface area contributed by atoms with Crippen LogP contribution in [0.2, 0.25) is 0 Å². The van der Waals surface area contributed by atoms with E-state index in [1.165, 1.54) is 0 Å². The maximum Gasteiger partial charge on any atom is 0.309 e. The Hall–Kier alpha value is -2.66. The van der Waals surface area contributed by atoms with E-state index in [1.807, 2.05) is 19.1 Å². The number of aromatic nitrogens is 1. The number of carboxylic acid groups (broad SMARTS) is 1. The van der Waals surface area contributed by atoms with Gasteiger partial charge >= 0.3 is 11.9 Å². The summed E-state index contributed by atoms with van der Waals surface area (Å²) in [5, 5.41) is 21.1. The monoisotopic (exact) mass is 416 g/mol. The summed E-state index contributed by atoms with van der Waals surface area (Å²) in [6, 6.07) is 5.83. The zero-order valence-electron chi connectivity index (χ0n) is 17.8. The van der Waals surface area contributed by atoms with E-state index in [9.17, 15) is 9.59 Å². The van der Waals surface area contributed by atoms with Crippen molar-refractivity contribution in [3.63, 3.8) is 0 Å². The Morgan fingerprint density at radius 1 is 1.27 bits per heavy atom. The standard InChI is InChI=1S/C14H17N3O2.C8H15NO2/c1-2-12-7-11(14(18)19)5-6-17(12)13-4-3-10(8-15)9-16-13;1-2-11-8(10)7-3-5-9-6-4-7/h3-4,9,11-12H,2,5-7H2,1H3,(H,18,19);7,9H,2-6H2,1H3. The molecule has 1 aromatic rings. The highest BCUT2D eigenvalue weighted by Gasteiger charge is 2.31. The number of esters is 1. The van der Waals surface area contributed by atoms with Crippen molar-refractivity contribution < 1.29 is 19.4 Å². The molecule has 30 heavy (non-hydrogen) atoms. The van der Waals surface area contributed by atoms with Crippen LogP contribution in [0.5, 0.6) is 0 Å². The van der Waals surface area contributed by atoms with Crippen LogP contribution in [0.25, 0.3) is 0 Å². The number of ether oxygens (including phenoxy) is 1. The van der Waals surface area contributed by atoms with Crippen LogP contribution in [-0.2, 0) is 14.3 Å². The number of nitriles is 1. The minimum atomic E-state index is -0.703. The smallest absolute Gasteiger partial charge is 0.309 e. The summed E-state index contributed by atoms with van der Waals surface area (Å²) in [6.07, 6.45) is 5.62. The summed E-state index contributed by atoms with van der Waals surface area (Å²) in [5.41, 5.74) is 0.539. The SMILES string of the molecule is CCC1CC(C(=O)O)CCN1c1ccc(C#N)cn1.CCOC(=O)C1CCNCC1. The van der Waals surface area contributed by atoms with E-state index in [0.29, 0.717) is 31.6 Å². The van der Waals surface area contributed by atoms with Crippen molar-refractivity contribution in [1.29, 1.82) is 5.26 Å². The number of aliphatic carboxylic acids is 1. The molecular formula is C22H32N4O4. The van der Waals surface area contributed by atoms with Crippen molar-refractivity contribution in [2.75, 3.05) is 31.1 Å². The summed E-state index contributed by atoms with van der Waals surface area (Å²) >= 11 is 0. The predicted octanol–water partition coefficient (Wildman–Crippen LogP) is 2.58. The molecule has 164 valence electrons. The van der Waals surface area contributed by atoms with Gasteiger partial charge in [-0.25, -0.2) is 4.98 Å². The zero-order chi connectivity index (χ0) is 21.9. The number of carboxylic acids is 1. The fourth-order valence-electron chi connectivity index (χ4n) is 3.90. The molecule has 3 heterocycles. The van der Waals surface area contributed by atoms with E-state index >= 15 is 0 Å². The Labute approximate surface area is 178 Å². The summed E-state index contributed by atoms with van der Waals surface area (Å²) in [5.74, 6) is 0.00496. The van der Waals surface area contributed by atoms with Crippen molar-refractivity contribution >= 4 is 17.8 Å². The Morgan fingerprint density at radius 2 is 2.00 bits per heavy atom. The topological polar surface area (TPSA) is 116 Å². The molecule has 3 rings (SSSR count). The highest BCUT2D eigenvalue weighted by Crippen LogP contribution is 2.28. The number of carbonyl (C=O) groups is 2. The number of hydrogen-bond donors (Lipinski definition) is 2. The lowest BCUT2D eigenvalue weighted by molar-refractivity contribution is -0.149. The van der Waals surface area contributed by atoms with Crippen LogP contribution >= 0.6 is 0 Å². The van der Waals surface area contributed by atoms with E-state index in [1.54, 1.807) is 12.3 Å². The van der Waals surface area contributed by atoms with E-state index in [4.69, 9.17) is 15.1 Å². The number of piperidine rings is 2. The first-order chi connectivity index (χ1) is 14.5. The fourth-order valence-corrected chi connectivity index (χ4v) is 3.90. The number of nitrogens with one attached hydrogen (secondary N) is 1. The largest absolute Gasteiger partial charge is 0.481 e. The molecule has 0 amide bonds. The number of carbonyl (C=O) groups excluding carboxylic acids is 1. The molecule has 0 aliphatic carbocycles. The summed E-state index contributed by atoms with van der Waals surface area (Å²) in [4.78, 5) is 28.7. The van der Waals surface area contributed by atoms with Crippen LogP contribution in [0.15, 0.2) is 18.3 Å². The molecule has 8 heteroatoms. The number of hydrogen-bond acceptors (Lipinski definition) is 7. The second-order valence-corrected chi connectivity index (χ2v) is 7.61. The van der Waals surface area contributed by atoms with Crippen LogP contribution in [-0.4, -0.2) is 54.3 Å². The second kappa shape index (κ2) is 12.1. The molecule has 2 aliphatic heterocycles. The van der Waals surface area contributed by atoms with Gasteiger partial charge in [-0.05, 0) is 64.3 Å². The molecule has 0 saturated carbocycles. The lowest BCUT2D eigenvalue weighted by atomic mass is 9.89. The molecular weight excluding hydrogens is 384 g/mol. The van der Waals surface area contributed by atoms with Crippen LogP contribution in [0.1, 0.15) is 51.5 Å². The third-order valence-electron chi connectivity index (χ3n) is 5.67. The second-order valence-electron chi connectivity index (χ2n) is 7.61. The molecule has 2 saturated heterocycles. The van der Waals surface area contributed by atoms with Crippen molar-refractivity contribution in [2.24, 2.45) is 11.8 Å². The Bertz CT molecular complexity index is 726. The number of rotatable bonds is 5. The molecule has 0 bridgehead atoms. The molecule has 2 fully saturated rings. The summed E-state index contributed by atoms with van der Waals surface area (Å²) in [6.45, 7) is 7.01. The van der Waals surface area contributed by atoms with E-state index < -0.39 is 5.97 Å². The Kier molecular flexibility index (Phi) is 9.55. The van der Waals surface area contributed by atoms with E-state index in [2.05, 4.69) is 22.1 Å². The van der Waals surface area contributed by atoms with Gasteiger partial charge in [0.25, 0.3) is 0 Å². The molecule has 2 atom stereocenters. The highest BCUT2D eigenvalue weighted by molar-refractivity contribution is 5.72. The molecule has 2 unspecified atom stereocenters. The summed E-state index contributed by atoms with van der Waals surface area (Å²) < 4.78 is 4.91. The van der Waals surface area contributed by atoms with Gasteiger partial charge < -0.3 is 20.1 Å². The first-order valence-corrected chi connectivity index (χ1v) is 10.7. The molecule has 0 radical (unpaired) electrons. The minimum absolute atomic E-state index is 0.0194. The predicted molar refractivity (Wildman–Crippen MR) is 113 cm³/mol. The van der Waals surface area contributed by atoms with Crippen LogP contribution < -0.4 is 10.2 Å². The van der Waals surface area contributed by atoms with Crippen LogP contribution in [0.4, 0.5) is 5.82 Å². The van der Waals surface area contributed by atoms with Gasteiger partial charge in [-0.15, -0.1) is 0 Å². The van der Waals surface area contributed by atoms with Gasteiger partial charge in [-0.3, -0.25) is 9.59 Å². The average molecular weight is 417 g/mol. The van der Waals surface area contributed by atoms with E-state index in [0.717, 1.165) is 38.2 Å². The highest BCUT2D eigenvalue weighted by atomic mass is 16.5. The third-order valence-corrected chi connectivity index (χ3v) is 5.67. The number of pyridine rings is 1. The molecule has 2 N–H and O–H groups in total. The van der Waals surface area contributed by atoms with Gasteiger partial charge in [0, 0.05) is 18.8 Å². The van der Waals surface area contributed by atoms with Crippen molar-refractivity contribution in [3.8, 4) is 6.07 Å². The summed E-state index contributed by atoms with van der Waals surface area (Å²) in [7, 11) is 0. The maximum absolute atomic E-state index is 11.1. The molecule has 8 nitrogen and oxygen atoms in total. The van der Waals surface area contributed by atoms with E-state index in [-0.39, 0.29) is 23.8 Å². The van der Waals surface area contributed by atoms with Gasteiger partial charge in [0.2, 0.25) is 0 Å². The average Bonchev–Trinajstić information content (AvgIpc) is 2.80. The normalized spacial score (nSPS) is 21.7. The quantitative estimate of drug-likeness (QED) is 0.704. The molecule has 2 aliphatic rings. The number of nitrogens with zero attached hydrogens (tertiary/aromatic N) is 3. The molecule has 1 aromatic heterocycles. The Balaban J connectivity index is 0.000000248. The van der Waals surface area contributed by atoms with Gasteiger partial charge in [-0.1, -0.05) is 6.92 Å². The van der Waals surface area contributed by atoms with Gasteiger partial charge in [0.15, 0.2) is 0 Å². The maximum atomic E-state index is 11.1. The van der Waals surface area contributed by atoms with Gasteiger partial charge in [0.05, 0.1) is 24.0 Å². The third kappa shape index (κ3) is 6.70. The zero-order valence-corrected chi connectivity index (χ0v) is 17.8. The van der Waals surface area contributed by atoms with Crippen LogP contribution in [0.3, 0.4) is 0 Å². The first kappa shape index (κ1) is 23.6. The Morgan fingerprint density at radius 3 is 2.53 bits per heavy atom. The van der Waals surface area contributed by atoms with Crippen molar-refractivity contribution in [2.45, 2.75) is 52.0 Å². The lowest BCUT2D eigenvalue weighted by Crippen LogP contribution is -2.44. The molecule has 0 aromatic carbocycles. The minimum Gasteiger partial charge on any atom is -0.481 e. The van der Waals surface area contributed by atoms with Gasteiger partial charge in [-0.2, -0.15) is 5.26 Å². The molecule has 0 spiro atoms. The van der Waals surface area contributed by atoms with Gasteiger partial charge in [0.1, 0.15) is 11.9 Å². The first-order valence-electron chi connectivity index (χ1n) is 10.7. The van der Waals surface area contributed by atoms with Crippen molar-refractivity contribution in [3.05, 3.63) is 23.9 Å².